The second kappa shape index (κ2) is 19.3. The van der Waals surface area contributed by atoms with Crippen LogP contribution in [0.4, 0.5) is 22.4 Å². The number of primary amides is 2. The molecule has 0 radical (unpaired) electrons. The standard InChI is InChI=1S/C43H48N16O7/c1-6-58-31(16-24(3)53-58)39(62)51-41-49-29-18-26(37(45)60)20-33(65-5)35(29)56(41)14-10-11-15-57-36-30(50-42(57)52-40(63)32-17-25(4)54-59(32)7-2)19-27(38(46)61)21-34(36)66-43(64)47-12-8-9-13-55-23-28(44)22-48-55/h8-11,16-23H,6-7,12-15,44H2,1-5H3,(H2,45,60)(H2,46,61)(H,47,64)(H,49,51,62)(H,50,52,63)/b9-8+,11-10+. The number of hydrogen-bond donors (Lipinski definition) is 6. The lowest BCUT2D eigenvalue weighted by molar-refractivity contribution is 0.0991. The Morgan fingerprint density at radius 3 is 1.67 bits per heavy atom. The molecule has 9 N–H and O–H groups in total. The molecule has 0 unspecified atom stereocenters. The van der Waals surface area contributed by atoms with Crippen molar-refractivity contribution in [1.29, 1.82) is 0 Å². The predicted octanol–water partition coefficient (Wildman–Crippen LogP) is 3.53. The molecule has 23 heteroatoms. The molecule has 0 bridgehead atoms. The molecule has 5 aromatic heterocycles. The number of methoxy groups -OCH3 is 1. The number of hydrogen-bond acceptors (Lipinski definition) is 13. The summed E-state index contributed by atoms with van der Waals surface area (Å²) < 4.78 is 19.5. The van der Waals surface area contributed by atoms with Gasteiger partial charge >= 0.3 is 6.09 Å². The molecular weight excluding hydrogens is 853 g/mol. The average molecular weight is 901 g/mol. The third-order valence-electron chi connectivity index (χ3n) is 10.1. The fourth-order valence-electron chi connectivity index (χ4n) is 7.18. The van der Waals surface area contributed by atoms with Gasteiger partial charge in [0.05, 0.1) is 48.0 Å². The topological polar surface area (TPSA) is 307 Å². The first-order chi connectivity index (χ1) is 31.7. The number of carbonyl (C=O) groups excluding carboxylic acids is 5. The lowest BCUT2D eigenvalue weighted by Gasteiger charge is -2.13. The quantitative estimate of drug-likeness (QED) is 0.0673. The molecule has 0 saturated carbocycles. The summed E-state index contributed by atoms with van der Waals surface area (Å²) in [4.78, 5) is 74.9. The molecular formula is C43H48N16O7. The van der Waals surface area contributed by atoms with E-state index in [1.54, 1.807) is 79.7 Å². The van der Waals surface area contributed by atoms with Crippen LogP contribution in [-0.2, 0) is 32.7 Å². The molecule has 7 rings (SSSR count). The first kappa shape index (κ1) is 45.3. The zero-order valence-corrected chi connectivity index (χ0v) is 36.7. The number of fused-ring (bicyclic) bond motifs is 2. The van der Waals surface area contributed by atoms with Gasteiger partial charge < -0.3 is 41.1 Å². The van der Waals surface area contributed by atoms with Gasteiger partial charge in [-0.25, -0.2) is 14.8 Å². The largest absolute Gasteiger partial charge is 0.494 e. The van der Waals surface area contributed by atoms with Crippen molar-refractivity contribution in [3.05, 3.63) is 107 Å². The van der Waals surface area contributed by atoms with Crippen molar-refractivity contribution in [2.45, 2.75) is 60.4 Å². The zero-order valence-electron chi connectivity index (χ0n) is 36.7. The number of amides is 5. The summed E-state index contributed by atoms with van der Waals surface area (Å²) >= 11 is 0. The van der Waals surface area contributed by atoms with Crippen LogP contribution in [0.2, 0.25) is 0 Å². The van der Waals surface area contributed by atoms with Crippen molar-refractivity contribution >= 4 is 69.4 Å². The number of nitrogens with one attached hydrogen (secondary N) is 3. The van der Waals surface area contributed by atoms with Crippen molar-refractivity contribution < 1.29 is 33.4 Å². The summed E-state index contributed by atoms with van der Waals surface area (Å²) in [5, 5.41) is 21.3. The van der Waals surface area contributed by atoms with Crippen LogP contribution in [-0.4, -0.2) is 91.8 Å². The summed E-state index contributed by atoms with van der Waals surface area (Å²) in [5.74, 6) is -2.14. The van der Waals surface area contributed by atoms with E-state index >= 15 is 0 Å². The monoisotopic (exact) mass is 900 g/mol. The Balaban J connectivity index is 1.24. The fraction of sp³-hybridized carbons (Fsp3) is 0.256. The molecule has 5 amide bonds. The maximum absolute atomic E-state index is 13.8. The van der Waals surface area contributed by atoms with Crippen LogP contribution in [0.1, 0.15) is 66.9 Å². The number of anilines is 3. The third kappa shape index (κ3) is 9.73. The Labute approximate surface area is 376 Å². The number of nitrogens with two attached hydrogens (primary N) is 3. The van der Waals surface area contributed by atoms with Crippen LogP contribution >= 0.6 is 0 Å². The van der Waals surface area contributed by atoms with Gasteiger partial charge in [0.25, 0.3) is 11.8 Å². The number of aromatic nitrogens is 10. The van der Waals surface area contributed by atoms with Gasteiger partial charge in [0.15, 0.2) is 5.75 Å². The van der Waals surface area contributed by atoms with Gasteiger partial charge in [0.1, 0.15) is 28.2 Å². The summed E-state index contributed by atoms with van der Waals surface area (Å²) in [6.07, 6.45) is 9.33. The Morgan fingerprint density at radius 1 is 0.697 bits per heavy atom. The van der Waals surface area contributed by atoms with E-state index in [2.05, 4.69) is 41.2 Å². The number of ether oxygens (including phenoxy) is 2. The summed E-state index contributed by atoms with van der Waals surface area (Å²) in [6, 6.07) is 9.02. The van der Waals surface area contributed by atoms with Gasteiger partial charge in [-0.3, -0.25) is 43.9 Å². The van der Waals surface area contributed by atoms with Crippen molar-refractivity contribution in [1.82, 2.24) is 53.8 Å². The van der Waals surface area contributed by atoms with Gasteiger partial charge in [-0.15, -0.1) is 0 Å². The van der Waals surface area contributed by atoms with E-state index in [0.29, 0.717) is 53.4 Å². The van der Waals surface area contributed by atoms with Crippen LogP contribution in [0, 0.1) is 13.8 Å². The number of benzene rings is 2. The fourth-order valence-corrected chi connectivity index (χ4v) is 7.18. The van der Waals surface area contributed by atoms with Gasteiger partial charge in [0, 0.05) is 50.0 Å². The summed E-state index contributed by atoms with van der Waals surface area (Å²) in [6.45, 7) is 8.73. The van der Waals surface area contributed by atoms with E-state index in [-0.39, 0.29) is 70.9 Å². The Kier molecular flexibility index (Phi) is 13.3. The second-order valence-electron chi connectivity index (χ2n) is 14.8. The minimum Gasteiger partial charge on any atom is -0.494 e. The van der Waals surface area contributed by atoms with Crippen LogP contribution < -0.4 is 42.6 Å². The maximum Gasteiger partial charge on any atom is 0.412 e. The molecule has 0 atom stereocenters. The number of imidazole rings is 2. The van der Waals surface area contributed by atoms with Crippen LogP contribution in [0.15, 0.2) is 73.1 Å². The predicted molar refractivity (Wildman–Crippen MR) is 243 cm³/mol. The first-order valence-electron chi connectivity index (χ1n) is 20.6. The van der Waals surface area contributed by atoms with E-state index in [9.17, 15) is 24.0 Å². The Morgan fingerprint density at radius 2 is 1.20 bits per heavy atom. The third-order valence-corrected chi connectivity index (χ3v) is 10.1. The normalized spacial score (nSPS) is 11.5. The highest BCUT2D eigenvalue weighted by molar-refractivity contribution is 6.05. The lowest BCUT2D eigenvalue weighted by atomic mass is 10.1. The van der Waals surface area contributed by atoms with E-state index in [1.807, 2.05) is 13.8 Å². The molecule has 0 aliphatic heterocycles. The molecule has 2 aromatic carbocycles. The molecule has 7 aromatic rings. The van der Waals surface area contributed by atoms with Crippen LogP contribution in [0.5, 0.6) is 11.5 Å². The van der Waals surface area contributed by atoms with Gasteiger partial charge in [-0.1, -0.05) is 24.3 Å². The van der Waals surface area contributed by atoms with Crippen molar-refractivity contribution in [2.24, 2.45) is 11.5 Å². The molecule has 0 aliphatic rings. The molecule has 0 saturated heterocycles. The average Bonchev–Trinajstić information content (AvgIpc) is 4.12. The van der Waals surface area contributed by atoms with Crippen LogP contribution in [0.25, 0.3) is 22.1 Å². The highest BCUT2D eigenvalue weighted by atomic mass is 16.6. The SMILES string of the molecule is CCn1nc(C)cc1C(=O)Nc1nc2cc(C(N)=O)cc(OC)c2n1C/C=C/Cn1c(NC(=O)c2cc(C)nn2CC)nc2cc(C(N)=O)cc(OC(=O)NC/C=C/Cn3cc(N)cn3)c21. The minimum absolute atomic E-state index is 0.00593. The van der Waals surface area contributed by atoms with Crippen LogP contribution in [0.3, 0.4) is 0 Å². The number of aryl methyl sites for hydroxylation is 4. The molecule has 5 heterocycles. The highest BCUT2D eigenvalue weighted by Crippen LogP contribution is 2.33. The number of nitrogens with zero attached hydrogens (tertiary/aromatic N) is 10. The van der Waals surface area contributed by atoms with Gasteiger partial charge in [-0.05, 0) is 64.1 Å². The highest BCUT2D eigenvalue weighted by Gasteiger charge is 2.24. The zero-order chi connectivity index (χ0) is 47.2. The van der Waals surface area contributed by atoms with Gasteiger partial charge in [0.2, 0.25) is 23.7 Å². The summed E-state index contributed by atoms with van der Waals surface area (Å²) in [7, 11) is 1.43. The number of carbonyl (C=O) groups is 5. The number of allylic oxidation sites excluding steroid dienone is 3. The van der Waals surface area contributed by atoms with E-state index in [4.69, 9.17) is 26.7 Å². The minimum atomic E-state index is -0.853. The molecule has 66 heavy (non-hydrogen) atoms. The Hall–Kier alpha value is -8.76. The first-order valence-corrected chi connectivity index (χ1v) is 20.6. The van der Waals surface area contributed by atoms with Gasteiger partial charge in [-0.2, -0.15) is 15.3 Å². The molecule has 0 fully saturated rings. The smallest absolute Gasteiger partial charge is 0.412 e. The van der Waals surface area contributed by atoms with E-state index < -0.39 is 29.7 Å². The Bertz CT molecular complexity index is 3070. The number of nitrogen functional groups attached to an aromatic ring is 1. The lowest BCUT2D eigenvalue weighted by Crippen LogP contribution is -2.27. The molecule has 0 spiro atoms. The van der Waals surface area contributed by atoms with Crippen molar-refractivity contribution in [3.63, 3.8) is 0 Å². The number of rotatable bonds is 18. The molecule has 0 aliphatic carbocycles. The maximum atomic E-state index is 13.8. The molecule has 342 valence electrons. The van der Waals surface area contributed by atoms with Crippen molar-refractivity contribution in [2.75, 3.05) is 30.0 Å². The van der Waals surface area contributed by atoms with E-state index in [1.165, 1.54) is 37.6 Å². The summed E-state index contributed by atoms with van der Waals surface area (Å²) in [5.41, 5.74) is 20.8. The molecule has 23 nitrogen and oxygen atoms in total. The second-order valence-corrected chi connectivity index (χ2v) is 14.8. The van der Waals surface area contributed by atoms with Crippen molar-refractivity contribution in [3.8, 4) is 11.5 Å². The van der Waals surface area contributed by atoms with E-state index in [0.717, 1.165) is 0 Å².